The summed E-state index contributed by atoms with van der Waals surface area (Å²) in [5.41, 5.74) is 11.3. The van der Waals surface area contributed by atoms with Gasteiger partial charge in [-0.05, 0) is 35.7 Å². The Balaban J connectivity index is 1.97. The second-order valence-electron chi connectivity index (χ2n) is 9.82. The highest BCUT2D eigenvalue weighted by atomic mass is 28.4. The summed E-state index contributed by atoms with van der Waals surface area (Å²) in [6.45, 7) is 17.5. The third-order valence-corrected chi connectivity index (χ3v) is 10.9. The first kappa shape index (κ1) is 22.7. The van der Waals surface area contributed by atoms with E-state index in [1.807, 2.05) is 16.9 Å². The fourth-order valence-corrected chi connectivity index (χ4v) is 4.39. The summed E-state index contributed by atoms with van der Waals surface area (Å²) in [4.78, 5) is 4.51. The van der Waals surface area contributed by atoms with Crippen molar-refractivity contribution in [1.29, 1.82) is 0 Å². The molecule has 0 aliphatic carbocycles. The highest BCUT2D eigenvalue weighted by Crippen LogP contribution is 2.36. The van der Waals surface area contributed by atoms with Gasteiger partial charge in [-0.1, -0.05) is 58.9 Å². The van der Waals surface area contributed by atoms with Gasteiger partial charge in [0.25, 0.3) is 0 Å². The van der Waals surface area contributed by atoms with Gasteiger partial charge in [0, 0.05) is 23.7 Å². The van der Waals surface area contributed by atoms with Crippen LogP contribution in [0.4, 0.5) is 0 Å². The number of benzene rings is 1. The zero-order valence-corrected chi connectivity index (χ0v) is 20.5. The van der Waals surface area contributed by atoms with Crippen molar-refractivity contribution in [2.24, 2.45) is 5.73 Å². The number of fused-ring (bicyclic) bond motifs is 1. The van der Waals surface area contributed by atoms with Crippen molar-refractivity contribution in [3.05, 3.63) is 47.8 Å². The minimum atomic E-state index is -1.80. The Morgan fingerprint density at radius 2 is 1.77 bits per heavy atom. The lowest BCUT2D eigenvalue weighted by molar-refractivity contribution is 0.268. The molecule has 0 fully saturated rings. The summed E-state index contributed by atoms with van der Waals surface area (Å²) in [7, 11) is -1.80. The van der Waals surface area contributed by atoms with Gasteiger partial charge < -0.3 is 10.2 Å². The molecule has 2 aromatic heterocycles. The first-order valence-corrected chi connectivity index (χ1v) is 13.7. The predicted octanol–water partition coefficient (Wildman–Crippen LogP) is 5.70. The predicted molar refractivity (Wildman–Crippen MR) is 128 cm³/mol. The van der Waals surface area contributed by atoms with Gasteiger partial charge in [0.1, 0.15) is 5.69 Å². The van der Waals surface area contributed by atoms with E-state index in [4.69, 9.17) is 15.3 Å². The third-order valence-electron chi connectivity index (χ3n) is 6.35. The van der Waals surface area contributed by atoms with Crippen molar-refractivity contribution >= 4 is 19.2 Å². The fourth-order valence-electron chi connectivity index (χ4n) is 3.36. The summed E-state index contributed by atoms with van der Waals surface area (Å²) < 4.78 is 8.43. The first-order valence-electron chi connectivity index (χ1n) is 10.8. The van der Waals surface area contributed by atoms with Crippen LogP contribution < -0.4 is 5.73 Å². The molecule has 0 amide bonds. The zero-order valence-electron chi connectivity index (χ0n) is 19.5. The van der Waals surface area contributed by atoms with E-state index in [-0.39, 0.29) is 5.04 Å². The van der Waals surface area contributed by atoms with Crippen LogP contribution in [0.1, 0.15) is 51.8 Å². The van der Waals surface area contributed by atoms with Gasteiger partial charge in [0.05, 0.1) is 24.4 Å². The first-order chi connectivity index (χ1) is 14.0. The van der Waals surface area contributed by atoms with E-state index in [1.54, 1.807) is 0 Å². The number of nitrogens with zero attached hydrogens (tertiary/aromatic N) is 3. The van der Waals surface area contributed by atoms with Crippen molar-refractivity contribution in [2.75, 3.05) is 6.61 Å². The Hall–Kier alpha value is -2.02. The number of rotatable bonds is 7. The Morgan fingerprint density at radius 1 is 1.10 bits per heavy atom. The normalized spacial score (nSPS) is 12.8. The second-order valence-corrected chi connectivity index (χ2v) is 14.6. The van der Waals surface area contributed by atoms with Gasteiger partial charge in [-0.3, -0.25) is 9.67 Å². The standard InChI is InChI=1S/C24H36N4OSi/c1-17(2)18-8-10-19(11-9-18)22-20-12-13-26-21(16-25)23(20)28(27-22)14-15-29-30(6,7)24(3,4)5/h8-13,17H,14-16,25H2,1-7H3. The van der Waals surface area contributed by atoms with E-state index in [9.17, 15) is 0 Å². The highest BCUT2D eigenvalue weighted by molar-refractivity contribution is 6.74. The summed E-state index contributed by atoms with van der Waals surface area (Å²) in [6, 6.07) is 10.7. The van der Waals surface area contributed by atoms with Gasteiger partial charge in [-0.25, -0.2) is 0 Å². The minimum absolute atomic E-state index is 0.187. The van der Waals surface area contributed by atoms with Gasteiger partial charge >= 0.3 is 0 Å². The van der Waals surface area contributed by atoms with Crippen LogP contribution in [-0.4, -0.2) is 29.7 Å². The molecule has 0 saturated carbocycles. The van der Waals surface area contributed by atoms with E-state index in [2.05, 4.69) is 77.0 Å². The van der Waals surface area contributed by atoms with E-state index in [0.717, 1.165) is 27.9 Å². The Kier molecular flexibility index (Phi) is 6.50. The quantitative estimate of drug-likeness (QED) is 0.494. The molecular formula is C24H36N4OSi. The summed E-state index contributed by atoms with van der Waals surface area (Å²) in [5, 5.41) is 6.26. The summed E-state index contributed by atoms with van der Waals surface area (Å²) >= 11 is 0. The van der Waals surface area contributed by atoms with Crippen molar-refractivity contribution in [1.82, 2.24) is 14.8 Å². The lowest BCUT2D eigenvalue weighted by Gasteiger charge is -2.36. The Bertz CT molecular complexity index is 1000. The molecule has 3 aromatic rings. The molecule has 0 aliphatic heterocycles. The molecule has 0 bridgehead atoms. The van der Waals surface area contributed by atoms with Gasteiger partial charge in [0.2, 0.25) is 0 Å². The Morgan fingerprint density at radius 3 is 2.33 bits per heavy atom. The van der Waals surface area contributed by atoms with Gasteiger partial charge in [0.15, 0.2) is 8.32 Å². The average Bonchev–Trinajstić information content (AvgIpc) is 3.06. The van der Waals surface area contributed by atoms with Gasteiger partial charge in [-0.15, -0.1) is 0 Å². The smallest absolute Gasteiger partial charge is 0.192 e. The van der Waals surface area contributed by atoms with Crippen LogP contribution in [0.3, 0.4) is 0 Å². The number of pyridine rings is 1. The highest BCUT2D eigenvalue weighted by Gasteiger charge is 2.37. The van der Waals surface area contributed by atoms with E-state index < -0.39 is 8.32 Å². The zero-order chi connectivity index (χ0) is 22.1. The van der Waals surface area contributed by atoms with Crippen LogP contribution in [0.25, 0.3) is 22.2 Å². The molecule has 162 valence electrons. The third kappa shape index (κ3) is 4.51. The van der Waals surface area contributed by atoms with Crippen LogP contribution in [-0.2, 0) is 17.5 Å². The van der Waals surface area contributed by atoms with Crippen LogP contribution in [0.15, 0.2) is 36.5 Å². The molecular weight excluding hydrogens is 388 g/mol. The second kappa shape index (κ2) is 8.61. The number of hydrogen-bond donors (Lipinski definition) is 1. The molecule has 0 spiro atoms. The topological polar surface area (TPSA) is 66.0 Å². The van der Waals surface area contributed by atoms with Gasteiger partial charge in [-0.2, -0.15) is 5.10 Å². The molecule has 2 heterocycles. The number of aromatic nitrogens is 3. The maximum absolute atomic E-state index is 6.40. The maximum atomic E-state index is 6.40. The molecule has 2 N–H and O–H groups in total. The van der Waals surface area contributed by atoms with Crippen molar-refractivity contribution in [3.8, 4) is 11.3 Å². The lowest BCUT2D eigenvalue weighted by atomic mass is 10.00. The van der Waals surface area contributed by atoms with Crippen LogP contribution in [0.2, 0.25) is 18.1 Å². The van der Waals surface area contributed by atoms with Crippen molar-refractivity contribution in [3.63, 3.8) is 0 Å². The largest absolute Gasteiger partial charge is 0.415 e. The molecule has 30 heavy (non-hydrogen) atoms. The molecule has 0 aliphatic rings. The fraction of sp³-hybridized carbons (Fsp3) is 0.500. The summed E-state index contributed by atoms with van der Waals surface area (Å²) in [6.07, 6.45) is 1.83. The lowest BCUT2D eigenvalue weighted by Crippen LogP contribution is -2.41. The Labute approximate surface area is 181 Å². The molecule has 3 rings (SSSR count). The SMILES string of the molecule is CC(C)c1ccc(-c2nn(CCO[Si](C)(C)C(C)(C)C)c3c(CN)nccc23)cc1. The summed E-state index contributed by atoms with van der Waals surface area (Å²) in [5.74, 6) is 0.508. The van der Waals surface area contributed by atoms with Crippen LogP contribution in [0.5, 0.6) is 0 Å². The number of nitrogens with two attached hydrogens (primary N) is 1. The van der Waals surface area contributed by atoms with Crippen molar-refractivity contribution in [2.45, 2.75) is 71.8 Å². The average molecular weight is 425 g/mol. The van der Waals surface area contributed by atoms with E-state index in [0.29, 0.717) is 25.6 Å². The van der Waals surface area contributed by atoms with E-state index >= 15 is 0 Å². The molecule has 0 radical (unpaired) electrons. The molecule has 6 heteroatoms. The number of hydrogen-bond acceptors (Lipinski definition) is 4. The molecule has 1 aromatic carbocycles. The minimum Gasteiger partial charge on any atom is -0.415 e. The molecule has 0 saturated heterocycles. The molecule has 0 atom stereocenters. The van der Waals surface area contributed by atoms with Crippen LogP contribution in [0, 0.1) is 0 Å². The van der Waals surface area contributed by atoms with Crippen LogP contribution >= 0.6 is 0 Å². The van der Waals surface area contributed by atoms with Crippen molar-refractivity contribution < 1.29 is 4.43 Å². The molecule has 0 unspecified atom stereocenters. The molecule has 5 nitrogen and oxygen atoms in total. The monoisotopic (exact) mass is 424 g/mol. The van der Waals surface area contributed by atoms with E-state index in [1.165, 1.54) is 5.56 Å². The maximum Gasteiger partial charge on any atom is 0.192 e.